The van der Waals surface area contributed by atoms with Gasteiger partial charge in [0.25, 0.3) is 0 Å². The highest BCUT2D eigenvalue weighted by molar-refractivity contribution is 7.89. The lowest BCUT2D eigenvalue weighted by atomic mass is 9.99. The Bertz CT molecular complexity index is 817. The van der Waals surface area contributed by atoms with Gasteiger partial charge < -0.3 is 4.90 Å². The molecule has 1 heterocycles. The molecular formula is C21H27ClN2O2S. The van der Waals surface area contributed by atoms with Crippen molar-refractivity contribution in [2.45, 2.75) is 31.2 Å². The summed E-state index contributed by atoms with van der Waals surface area (Å²) in [6.07, 6.45) is 2.37. The standard InChI is InChI=1S/C21H27ClN2O2S/c1-18-11-13-23(14-12-18)15-16-24(17-19-7-9-20(22)10-8-19)27(25,26)21-5-3-2-4-6-21/h2-10,18H,11-17H2,1H3. The molecule has 1 saturated heterocycles. The fourth-order valence-electron chi connectivity index (χ4n) is 3.36. The SMILES string of the molecule is CC1CCN(CCN(Cc2ccc(Cl)cc2)S(=O)(=O)c2ccccc2)CC1. The third-order valence-corrected chi connectivity index (χ3v) is 7.31. The number of piperidine rings is 1. The Hall–Kier alpha value is -1.40. The predicted octanol–water partition coefficient (Wildman–Crippen LogP) is 4.26. The summed E-state index contributed by atoms with van der Waals surface area (Å²) in [6.45, 7) is 5.95. The van der Waals surface area contributed by atoms with Crippen LogP contribution in [0.15, 0.2) is 59.5 Å². The van der Waals surface area contributed by atoms with Crippen LogP contribution in [0.2, 0.25) is 5.02 Å². The van der Waals surface area contributed by atoms with E-state index in [1.165, 1.54) is 12.8 Å². The summed E-state index contributed by atoms with van der Waals surface area (Å²) in [5, 5.41) is 0.652. The Morgan fingerprint density at radius 1 is 1.04 bits per heavy atom. The van der Waals surface area contributed by atoms with E-state index in [-0.39, 0.29) is 0 Å². The van der Waals surface area contributed by atoms with E-state index < -0.39 is 10.0 Å². The molecule has 0 bridgehead atoms. The molecule has 0 amide bonds. The monoisotopic (exact) mass is 406 g/mol. The maximum Gasteiger partial charge on any atom is 0.243 e. The van der Waals surface area contributed by atoms with E-state index in [4.69, 9.17) is 11.6 Å². The van der Waals surface area contributed by atoms with Crippen molar-refractivity contribution in [3.05, 3.63) is 65.2 Å². The second kappa shape index (κ2) is 9.20. The third-order valence-electron chi connectivity index (χ3n) is 5.20. The summed E-state index contributed by atoms with van der Waals surface area (Å²) in [7, 11) is -3.55. The van der Waals surface area contributed by atoms with Crippen molar-refractivity contribution in [2.75, 3.05) is 26.2 Å². The Labute approximate surface area is 167 Å². The number of sulfonamides is 1. The zero-order valence-corrected chi connectivity index (χ0v) is 17.3. The van der Waals surface area contributed by atoms with E-state index in [9.17, 15) is 8.42 Å². The first-order valence-electron chi connectivity index (χ1n) is 9.47. The molecular weight excluding hydrogens is 380 g/mol. The molecule has 1 aliphatic rings. The number of nitrogens with zero attached hydrogens (tertiary/aromatic N) is 2. The van der Waals surface area contributed by atoms with Gasteiger partial charge in [0.05, 0.1) is 4.90 Å². The van der Waals surface area contributed by atoms with E-state index in [2.05, 4.69) is 11.8 Å². The second-order valence-electron chi connectivity index (χ2n) is 7.30. The van der Waals surface area contributed by atoms with Gasteiger partial charge in [-0.1, -0.05) is 48.9 Å². The molecule has 4 nitrogen and oxygen atoms in total. The van der Waals surface area contributed by atoms with E-state index >= 15 is 0 Å². The number of hydrogen-bond donors (Lipinski definition) is 0. The van der Waals surface area contributed by atoms with Crippen LogP contribution in [0.4, 0.5) is 0 Å². The number of benzene rings is 2. The number of hydrogen-bond acceptors (Lipinski definition) is 3. The lowest BCUT2D eigenvalue weighted by Crippen LogP contribution is -2.41. The smallest absolute Gasteiger partial charge is 0.243 e. The Kier molecular flexibility index (Phi) is 6.93. The van der Waals surface area contributed by atoms with Crippen LogP contribution < -0.4 is 0 Å². The van der Waals surface area contributed by atoms with Gasteiger partial charge in [0.15, 0.2) is 0 Å². The topological polar surface area (TPSA) is 40.6 Å². The highest BCUT2D eigenvalue weighted by atomic mass is 35.5. The van der Waals surface area contributed by atoms with Crippen LogP contribution in [0.3, 0.4) is 0 Å². The Morgan fingerprint density at radius 3 is 2.30 bits per heavy atom. The molecule has 0 atom stereocenters. The quantitative estimate of drug-likeness (QED) is 0.689. The molecule has 6 heteroatoms. The van der Waals surface area contributed by atoms with E-state index in [0.717, 1.165) is 31.1 Å². The first-order valence-corrected chi connectivity index (χ1v) is 11.3. The molecule has 3 rings (SSSR count). The van der Waals surface area contributed by atoms with Gasteiger partial charge in [-0.3, -0.25) is 0 Å². The van der Waals surface area contributed by atoms with Crippen LogP contribution in [0, 0.1) is 5.92 Å². The summed E-state index contributed by atoms with van der Waals surface area (Å²) >= 11 is 5.97. The van der Waals surface area contributed by atoms with Gasteiger partial charge in [-0.05, 0) is 61.7 Å². The molecule has 0 unspecified atom stereocenters. The van der Waals surface area contributed by atoms with Crippen molar-refractivity contribution in [2.24, 2.45) is 5.92 Å². The third kappa shape index (κ3) is 5.55. The largest absolute Gasteiger partial charge is 0.302 e. The second-order valence-corrected chi connectivity index (χ2v) is 9.68. The van der Waals surface area contributed by atoms with Crippen LogP contribution in [-0.2, 0) is 16.6 Å². The van der Waals surface area contributed by atoms with E-state index in [1.807, 2.05) is 18.2 Å². The summed E-state index contributed by atoms with van der Waals surface area (Å²) in [5.41, 5.74) is 0.936. The molecule has 1 aliphatic heterocycles. The van der Waals surface area contributed by atoms with Crippen molar-refractivity contribution < 1.29 is 8.42 Å². The van der Waals surface area contributed by atoms with Gasteiger partial charge >= 0.3 is 0 Å². The zero-order valence-electron chi connectivity index (χ0n) is 15.7. The minimum absolute atomic E-state index is 0.339. The molecule has 0 aromatic heterocycles. The molecule has 0 saturated carbocycles. The number of halogens is 1. The van der Waals surface area contributed by atoms with Gasteiger partial charge in [-0.2, -0.15) is 4.31 Å². The average molecular weight is 407 g/mol. The highest BCUT2D eigenvalue weighted by Gasteiger charge is 2.25. The minimum Gasteiger partial charge on any atom is -0.302 e. The highest BCUT2D eigenvalue weighted by Crippen LogP contribution is 2.21. The molecule has 0 radical (unpaired) electrons. The fourth-order valence-corrected chi connectivity index (χ4v) is 4.92. The maximum absolute atomic E-state index is 13.2. The first kappa shape index (κ1) is 20.3. The molecule has 0 spiro atoms. The zero-order chi connectivity index (χ0) is 19.3. The molecule has 1 fully saturated rings. The lowest BCUT2D eigenvalue weighted by Gasteiger charge is -2.32. The molecule has 2 aromatic carbocycles. The van der Waals surface area contributed by atoms with Crippen molar-refractivity contribution in [3.8, 4) is 0 Å². The normalized spacial score (nSPS) is 16.7. The van der Waals surface area contributed by atoms with Gasteiger partial charge in [-0.15, -0.1) is 0 Å². The van der Waals surface area contributed by atoms with Crippen LogP contribution in [0.1, 0.15) is 25.3 Å². The lowest BCUT2D eigenvalue weighted by molar-refractivity contribution is 0.181. The number of rotatable bonds is 7. The van der Waals surface area contributed by atoms with Crippen molar-refractivity contribution in [1.82, 2.24) is 9.21 Å². The van der Waals surface area contributed by atoms with Crippen molar-refractivity contribution in [1.29, 1.82) is 0 Å². The Morgan fingerprint density at radius 2 is 1.67 bits per heavy atom. The van der Waals surface area contributed by atoms with Gasteiger partial charge in [0, 0.05) is 24.7 Å². The maximum atomic E-state index is 13.2. The Balaban J connectivity index is 1.76. The predicted molar refractivity (Wildman–Crippen MR) is 110 cm³/mol. The molecule has 27 heavy (non-hydrogen) atoms. The van der Waals surface area contributed by atoms with E-state index in [0.29, 0.717) is 23.0 Å². The number of likely N-dealkylation sites (tertiary alicyclic amines) is 1. The fraction of sp³-hybridized carbons (Fsp3) is 0.429. The van der Waals surface area contributed by atoms with Crippen LogP contribution in [0.5, 0.6) is 0 Å². The van der Waals surface area contributed by atoms with Gasteiger partial charge in [0.2, 0.25) is 10.0 Å². The molecule has 146 valence electrons. The molecule has 2 aromatic rings. The summed E-state index contributed by atoms with van der Waals surface area (Å²) in [5.74, 6) is 0.763. The summed E-state index contributed by atoms with van der Waals surface area (Å²) in [4.78, 5) is 2.71. The van der Waals surface area contributed by atoms with Crippen LogP contribution >= 0.6 is 11.6 Å². The van der Waals surface area contributed by atoms with E-state index in [1.54, 1.807) is 40.7 Å². The minimum atomic E-state index is -3.55. The van der Waals surface area contributed by atoms with Gasteiger partial charge in [-0.25, -0.2) is 8.42 Å². The summed E-state index contributed by atoms with van der Waals surface area (Å²) in [6, 6.07) is 16.1. The van der Waals surface area contributed by atoms with Crippen molar-refractivity contribution >= 4 is 21.6 Å². The first-order chi connectivity index (χ1) is 12.9. The van der Waals surface area contributed by atoms with Gasteiger partial charge in [0.1, 0.15) is 0 Å². The van der Waals surface area contributed by atoms with Crippen molar-refractivity contribution in [3.63, 3.8) is 0 Å². The molecule has 0 aliphatic carbocycles. The molecule has 0 N–H and O–H groups in total. The van der Waals surface area contributed by atoms with Crippen LogP contribution in [-0.4, -0.2) is 43.8 Å². The summed E-state index contributed by atoms with van der Waals surface area (Å²) < 4.78 is 28.0. The van der Waals surface area contributed by atoms with Crippen LogP contribution in [0.25, 0.3) is 0 Å². The average Bonchev–Trinajstić information content (AvgIpc) is 2.68.